The van der Waals surface area contributed by atoms with Crippen molar-refractivity contribution in [3.63, 3.8) is 0 Å². The van der Waals surface area contributed by atoms with Gasteiger partial charge < -0.3 is 0 Å². The molecule has 19 heavy (non-hydrogen) atoms. The summed E-state index contributed by atoms with van der Waals surface area (Å²) in [4.78, 5) is 0. The van der Waals surface area contributed by atoms with Gasteiger partial charge in [0, 0.05) is 17.5 Å². The van der Waals surface area contributed by atoms with E-state index in [4.69, 9.17) is 11.6 Å². The Kier molecular flexibility index (Phi) is 4.92. The first-order valence-electron chi connectivity index (χ1n) is 6.52. The molecule has 0 aliphatic heterocycles. The number of alkyl halides is 1. The largest absolute Gasteiger partial charge is 0.206 e. The number of rotatable bonds is 3. The van der Waals surface area contributed by atoms with E-state index in [2.05, 4.69) is 0 Å². The minimum atomic E-state index is -1.17. The minimum absolute atomic E-state index is 0.0696. The molecular formula is C15H16ClF3. The monoisotopic (exact) mass is 288 g/mol. The predicted octanol–water partition coefficient (Wildman–Crippen LogP) is 5.31. The third kappa shape index (κ3) is 3.53. The molecule has 1 aliphatic rings. The highest BCUT2D eigenvalue weighted by molar-refractivity contribution is 6.19. The Balaban J connectivity index is 2.28. The predicted molar refractivity (Wildman–Crippen MR) is 71.6 cm³/mol. The van der Waals surface area contributed by atoms with E-state index in [-0.39, 0.29) is 5.56 Å². The van der Waals surface area contributed by atoms with Gasteiger partial charge in [0.05, 0.1) is 0 Å². The third-order valence-electron chi connectivity index (χ3n) is 3.66. The molecule has 0 bridgehead atoms. The molecule has 2 rings (SSSR count). The van der Waals surface area contributed by atoms with Crippen LogP contribution in [0, 0.1) is 23.4 Å². The van der Waals surface area contributed by atoms with Gasteiger partial charge in [-0.25, -0.2) is 13.2 Å². The highest BCUT2D eigenvalue weighted by Crippen LogP contribution is 2.32. The lowest BCUT2D eigenvalue weighted by molar-refractivity contribution is 0.405. The maximum absolute atomic E-state index is 13.6. The molecule has 0 atom stereocenters. The zero-order valence-corrected chi connectivity index (χ0v) is 11.3. The van der Waals surface area contributed by atoms with Gasteiger partial charge in [-0.1, -0.05) is 30.9 Å². The van der Waals surface area contributed by atoms with E-state index in [1.807, 2.05) is 0 Å². The lowest BCUT2D eigenvalue weighted by Gasteiger charge is -2.23. The summed E-state index contributed by atoms with van der Waals surface area (Å²) >= 11 is 5.92. The average Bonchev–Trinajstić information content (AvgIpc) is 2.42. The van der Waals surface area contributed by atoms with Crippen molar-refractivity contribution in [3.8, 4) is 0 Å². The SMILES string of the molecule is Fc1cc(F)c(/C=C(/CCl)C2CCCCC2)cc1F. The first-order chi connectivity index (χ1) is 9.11. The highest BCUT2D eigenvalue weighted by Gasteiger charge is 2.18. The summed E-state index contributed by atoms with van der Waals surface area (Å²) in [6.45, 7) is 0. The fraction of sp³-hybridized carbons (Fsp3) is 0.467. The van der Waals surface area contributed by atoms with E-state index in [9.17, 15) is 13.2 Å². The maximum atomic E-state index is 13.6. The molecule has 1 aromatic carbocycles. The quantitative estimate of drug-likeness (QED) is 0.522. The Morgan fingerprint density at radius 2 is 1.68 bits per heavy atom. The van der Waals surface area contributed by atoms with Gasteiger partial charge in [0.2, 0.25) is 0 Å². The Labute approximate surface area is 116 Å². The summed E-state index contributed by atoms with van der Waals surface area (Å²) < 4.78 is 39.6. The van der Waals surface area contributed by atoms with Crippen LogP contribution in [0.1, 0.15) is 37.7 Å². The zero-order valence-electron chi connectivity index (χ0n) is 10.6. The van der Waals surface area contributed by atoms with Crippen molar-refractivity contribution in [3.05, 3.63) is 40.7 Å². The van der Waals surface area contributed by atoms with Crippen molar-refractivity contribution in [1.82, 2.24) is 0 Å². The van der Waals surface area contributed by atoms with Gasteiger partial charge in [-0.2, -0.15) is 0 Å². The van der Waals surface area contributed by atoms with Crippen LogP contribution in [0.4, 0.5) is 13.2 Å². The number of allylic oxidation sites excluding steroid dienone is 1. The van der Waals surface area contributed by atoms with E-state index >= 15 is 0 Å². The molecule has 0 N–H and O–H groups in total. The Bertz CT molecular complexity index is 477. The summed E-state index contributed by atoms with van der Waals surface area (Å²) in [6.07, 6.45) is 7.12. The molecule has 0 amide bonds. The minimum Gasteiger partial charge on any atom is -0.206 e. The van der Waals surface area contributed by atoms with Gasteiger partial charge in [-0.05, 0) is 24.8 Å². The number of hydrogen-bond donors (Lipinski definition) is 0. The van der Waals surface area contributed by atoms with Crippen molar-refractivity contribution < 1.29 is 13.2 Å². The third-order valence-corrected chi connectivity index (χ3v) is 3.97. The molecule has 0 saturated heterocycles. The van der Waals surface area contributed by atoms with Crippen LogP contribution in [0.2, 0.25) is 0 Å². The summed E-state index contributed by atoms with van der Waals surface area (Å²) in [5.74, 6) is -2.33. The molecule has 104 valence electrons. The normalized spacial score (nSPS) is 17.8. The summed E-state index contributed by atoms with van der Waals surface area (Å²) in [5.41, 5.74) is 0.978. The van der Waals surface area contributed by atoms with Crippen LogP contribution in [-0.4, -0.2) is 5.88 Å². The first-order valence-corrected chi connectivity index (χ1v) is 7.06. The van der Waals surface area contributed by atoms with Crippen molar-refractivity contribution in [2.45, 2.75) is 32.1 Å². The van der Waals surface area contributed by atoms with Crippen molar-refractivity contribution in [2.75, 3.05) is 5.88 Å². The summed E-state index contributed by atoms with van der Waals surface area (Å²) in [5, 5.41) is 0. The van der Waals surface area contributed by atoms with Crippen LogP contribution in [0.3, 0.4) is 0 Å². The lowest BCUT2D eigenvalue weighted by atomic mass is 9.83. The smallest absolute Gasteiger partial charge is 0.161 e. The van der Waals surface area contributed by atoms with E-state index in [1.54, 1.807) is 6.08 Å². The van der Waals surface area contributed by atoms with E-state index in [1.165, 1.54) is 6.42 Å². The zero-order chi connectivity index (χ0) is 13.8. The van der Waals surface area contributed by atoms with Gasteiger partial charge in [-0.15, -0.1) is 11.6 Å². The molecule has 0 nitrogen and oxygen atoms in total. The van der Waals surface area contributed by atoms with Crippen LogP contribution >= 0.6 is 11.6 Å². The Morgan fingerprint density at radius 3 is 2.32 bits per heavy atom. The number of halogens is 4. The summed E-state index contributed by atoms with van der Waals surface area (Å²) in [6, 6.07) is 1.47. The van der Waals surface area contributed by atoms with Crippen LogP contribution in [-0.2, 0) is 0 Å². The highest BCUT2D eigenvalue weighted by atomic mass is 35.5. The van der Waals surface area contributed by atoms with Gasteiger partial charge in [-0.3, -0.25) is 0 Å². The molecule has 4 heteroatoms. The number of benzene rings is 1. The van der Waals surface area contributed by atoms with Gasteiger partial charge in [0.15, 0.2) is 11.6 Å². The van der Waals surface area contributed by atoms with Crippen LogP contribution in [0.5, 0.6) is 0 Å². The molecular weight excluding hydrogens is 273 g/mol. The molecule has 1 aliphatic carbocycles. The maximum Gasteiger partial charge on any atom is 0.161 e. The van der Waals surface area contributed by atoms with Crippen LogP contribution < -0.4 is 0 Å². The topological polar surface area (TPSA) is 0 Å². The van der Waals surface area contributed by atoms with Crippen molar-refractivity contribution in [2.24, 2.45) is 5.92 Å². The van der Waals surface area contributed by atoms with E-state index < -0.39 is 17.5 Å². The Hall–Kier alpha value is -0.960. The summed E-state index contributed by atoms with van der Waals surface area (Å²) in [7, 11) is 0. The van der Waals surface area contributed by atoms with E-state index in [0.717, 1.165) is 37.3 Å². The van der Waals surface area contributed by atoms with Crippen molar-refractivity contribution in [1.29, 1.82) is 0 Å². The molecule has 1 fully saturated rings. The molecule has 0 aromatic heterocycles. The first kappa shape index (κ1) is 14.4. The van der Waals surface area contributed by atoms with E-state index in [0.29, 0.717) is 17.9 Å². The standard InChI is InChI=1S/C15H16ClF3/c16-9-12(10-4-2-1-3-5-10)6-11-7-14(18)15(19)8-13(11)17/h6-8,10H,1-5,9H2/b12-6-. The van der Waals surface area contributed by atoms with Crippen LogP contribution in [0.25, 0.3) is 6.08 Å². The second-order valence-corrected chi connectivity index (χ2v) is 5.24. The molecule has 0 unspecified atom stereocenters. The molecule has 0 radical (unpaired) electrons. The molecule has 0 spiro atoms. The second-order valence-electron chi connectivity index (χ2n) is 4.98. The average molecular weight is 289 g/mol. The fourth-order valence-corrected chi connectivity index (χ4v) is 2.88. The van der Waals surface area contributed by atoms with Gasteiger partial charge in [0.25, 0.3) is 0 Å². The molecule has 1 saturated carbocycles. The molecule has 0 heterocycles. The van der Waals surface area contributed by atoms with Gasteiger partial charge >= 0.3 is 0 Å². The van der Waals surface area contributed by atoms with Crippen LogP contribution in [0.15, 0.2) is 17.7 Å². The Morgan fingerprint density at radius 1 is 1.05 bits per heavy atom. The fourth-order valence-electron chi connectivity index (χ4n) is 2.59. The number of hydrogen-bond acceptors (Lipinski definition) is 0. The van der Waals surface area contributed by atoms with Gasteiger partial charge in [0.1, 0.15) is 5.82 Å². The lowest BCUT2D eigenvalue weighted by Crippen LogP contribution is -2.10. The molecule has 1 aromatic rings. The second kappa shape index (κ2) is 6.47. The van der Waals surface area contributed by atoms with Crippen molar-refractivity contribution >= 4 is 17.7 Å².